The maximum atomic E-state index is 13.0. The van der Waals surface area contributed by atoms with Gasteiger partial charge >= 0.3 is 0 Å². The largest absolute Gasteiger partial charge is 0.484 e. The number of para-hydroxylation sites is 1. The number of hydrogen-bond acceptors (Lipinski definition) is 5. The molecule has 8 heteroatoms. The van der Waals surface area contributed by atoms with Gasteiger partial charge in [0.25, 0.3) is 15.9 Å². The van der Waals surface area contributed by atoms with Crippen LogP contribution in [0.2, 0.25) is 0 Å². The highest BCUT2D eigenvalue weighted by Gasteiger charge is 2.23. The number of rotatable bonds is 9. The van der Waals surface area contributed by atoms with E-state index < -0.39 is 10.0 Å². The molecule has 0 aliphatic rings. The van der Waals surface area contributed by atoms with Crippen molar-refractivity contribution in [2.45, 2.75) is 18.4 Å². The van der Waals surface area contributed by atoms with Gasteiger partial charge in [0.05, 0.1) is 23.4 Å². The highest BCUT2D eigenvalue weighted by molar-refractivity contribution is 7.92. The van der Waals surface area contributed by atoms with Crippen LogP contribution in [-0.4, -0.2) is 27.5 Å². The number of nitrogens with zero attached hydrogens (tertiary/aromatic N) is 1. The van der Waals surface area contributed by atoms with Crippen molar-refractivity contribution in [3.05, 3.63) is 78.8 Å². The second-order valence-electron chi connectivity index (χ2n) is 6.12. The first-order chi connectivity index (χ1) is 14.0. The van der Waals surface area contributed by atoms with Crippen LogP contribution in [0.25, 0.3) is 0 Å². The average Bonchev–Trinajstić information content (AvgIpc) is 3.26. The lowest BCUT2D eigenvalue weighted by atomic mass is 10.3. The van der Waals surface area contributed by atoms with E-state index in [9.17, 15) is 13.2 Å². The summed E-state index contributed by atoms with van der Waals surface area (Å²) >= 11 is 0. The van der Waals surface area contributed by atoms with Crippen molar-refractivity contribution in [2.24, 2.45) is 0 Å². The molecule has 0 saturated heterocycles. The van der Waals surface area contributed by atoms with E-state index in [-0.39, 0.29) is 24.0 Å². The van der Waals surface area contributed by atoms with Crippen LogP contribution in [0.5, 0.6) is 5.75 Å². The van der Waals surface area contributed by atoms with Crippen molar-refractivity contribution >= 4 is 21.6 Å². The van der Waals surface area contributed by atoms with E-state index in [1.165, 1.54) is 34.8 Å². The topological polar surface area (TPSA) is 88.8 Å². The van der Waals surface area contributed by atoms with E-state index >= 15 is 0 Å². The van der Waals surface area contributed by atoms with E-state index in [1.807, 2.05) is 6.07 Å². The molecule has 1 N–H and O–H groups in total. The maximum Gasteiger partial charge on any atom is 0.264 e. The van der Waals surface area contributed by atoms with Crippen molar-refractivity contribution in [1.82, 2.24) is 5.32 Å². The Bertz CT molecular complexity index is 1020. The van der Waals surface area contributed by atoms with Gasteiger partial charge in [-0.05, 0) is 55.5 Å². The minimum atomic E-state index is -3.70. The number of amides is 1. The molecule has 0 atom stereocenters. The molecule has 0 unspecified atom stereocenters. The van der Waals surface area contributed by atoms with Crippen LogP contribution >= 0.6 is 0 Å². The summed E-state index contributed by atoms with van der Waals surface area (Å²) in [5, 5.41) is 2.67. The Balaban J connectivity index is 1.60. The molecule has 2 aromatic carbocycles. The number of carbonyl (C=O) groups is 1. The summed E-state index contributed by atoms with van der Waals surface area (Å²) in [6.07, 6.45) is 1.53. The molecular formula is C21H22N2O5S. The molecule has 3 rings (SSSR count). The summed E-state index contributed by atoms with van der Waals surface area (Å²) < 4.78 is 37.8. The zero-order valence-corrected chi connectivity index (χ0v) is 16.8. The first kappa shape index (κ1) is 20.5. The molecule has 0 radical (unpaired) electrons. The second kappa shape index (κ2) is 9.29. The Kier molecular flexibility index (Phi) is 6.56. The maximum absolute atomic E-state index is 13.0. The van der Waals surface area contributed by atoms with Crippen molar-refractivity contribution in [3.63, 3.8) is 0 Å². The van der Waals surface area contributed by atoms with E-state index in [0.717, 1.165) is 0 Å². The van der Waals surface area contributed by atoms with Crippen LogP contribution in [0.15, 0.2) is 82.3 Å². The Hall–Kier alpha value is -3.26. The van der Waals surface area contributed by atoms with Gasteiger partial charge in [0, 0.05) is 6.54 Å². The molecule has 0 fully saturated rings. The minimum Gasteiger partial charge on any atom is -0.484 e. The van der Waals surface area contributed by atoms with Gasteiger partial charge in [-0.15, -0.1) is 0 Å². The predicted molar refractivity (Wildman–Crippen MR) is 109 cm³/mol. The van der Waals surface area contributed by atoms with Gasteiger partial charge in [-0.25, -0.2) is 8.42 Å². The molecule has 7 nitrogen and oxygen atoms in total. The minimum absolute atomic E-state index is 0.151. The van der Waals surface area contributed by atoms with E-state index in [4.69, 9.17) is 9.15 Å². The van der Waals surface area contributed by atoms with Crippen LogP contribution in [0.4, 0.5) is 5.69 Å². The molecular weight excluding hydrogens is 392 g/mol. The predicted octanol–water partition coefficient (Wildman–Crippen LogP) is 3.19. The molecule has 0 aliphatic heterocycles. The van der Waals surface area contributed by atoms with Gasteiger partial charge in [-0.1, -0.05) is 18.2 Å². The van der Waals surface area contributed by atoms with Crippen LogP contribution < -0.4 is 14.4 Å². The lowest BCUT2D eigenvalue weighted by Gasteiger charge is -2.23. The molecule has 3 aromatic rings. The zero-order chi connectivity index (χ0) is 20.7. The van der Waals surface area contributed by atoms with Gasteiger partial charge in [0.2, 0.25) is 0 Å². The quantitative estimate of drug-likeness (QED) is 0.581. The summed E-state index contributed by atoms with van der Waals surface area (Å²) in [6, 6.07) is 18.4. The Morgan fingerprint density at radius 1 is 1.03 bits per heavy atom. The first-order valence-electron chi connectivity index (χ1n) is 9.10. The van der Waals surface area contributed by atoms with Gasteiger partial charge in [-0.3, -0.25) is 9.10 Å². The highest BCUT2D eigenvalue weighted by atomic mass is 32.2. The van der Waals surface area contributed by atoms with E-state index in [2.05, 4.69) is 5.32 Å². The van der Waals surface area contributed by atoms with E-state index in [1.54, 1.807) is 43.3 Å². The Labute approximate surface area is 170 Å². The Morgan fingerprint density at radius 3 is 2.38 bits per heavy atom. The van der Waals surface area contributed by atoms with Crippen LogP contribution in [-0.2, 0) is 21.4 Å². The number of ether oxygens (including phenoxy) is 1. The van der Waals surface area contributed by atoms with Crippen LogP contribution in [0, 0.1) is 0 Å². The van der Waals surface area contributed by atoms with E-state index in [0.29, 0.717) is 23.7 Å². The number of furan rings is 1. The van der Waals surface area contributed by atoms with Gasteiger partial charge in [-0.2, -0.15) is 0 Å². The fourth-order valence-electron chi connectivity index (χ4n) is 2.72. The molecule has 0 saturated carbocycles. The van der Waals surface area contributed by atoms with Crippen molar-refractivity contribution in [1.29, 1.82) is 0 Å². The number of benzene rings is 2. The van der Waals surface area contributed by atoms with Gasteiger partial charge in [0.1, 0.15) is 11.5 Å². The monoisotopic (exact) mass is 414 g/mol. The van der Waals surface area contributed by atoms with Crippen molar-refractivity contribution < 1.29 is 22.4 Å². The third-order valence-electron chi connectivity index (χ3n) is 4.15. The molecule has 1 heterocycles. The molecule has 152 valence electrons. The smallest absolute Gasteiger partial charge is 0.264 e. The fraction of sp³-hybridized carbons (Fsp3) is 0.190. The SMILES string of the molecule is CCN(c1ccccc1)S(=O)(=O)c1ccc(OCC(=O)NCc2ccco2)cc1. The second-order valence-corrected chi connectivity index (χ2v) is 7.98. The number of sulfonamides is 1. The number of hydrogen-bond donors (Lipinski definition) is 1. The summed E-state index contributed by atoms with van der Waals surface area (Å²) in [6.45, 7) is 2.18. The molecule has 0 spiro atoms. The molecule has 1 amide bonds. The Morgan fingerprint density at radius 2 is 1.76 bits per heavy atom. The normalized spacial score (nSPS) is 11.1. The molecule has 29 heavy (non-hydrogen) atoms. The number of anilines is 1. The van der Waals surface area contributed by atoms with Crippen molar-refractivity contribution in [3.8, 4) is 5.75 Å². The number of nitrogens with one attached hydrogen (secondary N) is 1. The fourth-order valence-corrected chi connectivity index (χ4v) is 4.19. The highest BCUT2D eigenvalue weighted by Crippen LogP contribution is 2.24. The zero-order valence-electron chi connectivity index (χ0n) is 15.9. The molecule has 0 bridgehead atoms. The average molecular weight is 414 g/mol. The third kappa shape index (κ3) is 5.17. The lowest BCUT2D eigenvalue weighted by molar-refractivity contribution is -0.123. The van der Waals surface area contributed by atoms with Gasteiger partial charge < -0.3 is 14.5 Å². The summed E-state index contributed by atoms with van der Waals surface area (Å²) in [5.74, 6) is 0.742. The molecule has 1 aromatic heterocycles. The summed E-state index contributed by atoms with van der Waals surface area (Å²) in [7, 11) is -3.70. The van der Waals surface area contributed by atoms with Crippen LogP contribution in [0.3, 0.4) is 0 Å². The van der Waals surface area contributed by atoms with Gasteiger partial charge in [0.15, 0.2) is 6.61 Å². The van der Waals surface area contributed by atoms with Crippen LogP contribution in [0.1, 0.15) is 12.7 Å². The molecule has 0 aliphatic carbocycles. The van der Waals surface area contributed by atoms with Crippen molar-refractivity contribution in [2.75, 3.05) is 17.5 Å². The summed E-state index contributed by atoms with van der Waals surface area (Å²) in [5.41, 5.74) is 0.601. The standard InChI is InChI=1S/C21H22N2O5S/c1-2-23(17-7-4-3-5-8-17)29(25,26)20-12-10-18(11-13-20)28-16-21(24)22-15-19-9-6-14-27-19/h3-14H,2,15-16H2,1H3,(H,22,24). The summed E-state index contributed by atoms with van der Waals surface area (Å²) in [4.78, 5) is 12.0. The number of carbonyl (C=O) groups excluding carboxylic acids is 1. The lowest BCUT2D eigenvalue weighted by Crippen LogP contribution is -2.30. The first-order valence-corrected chi connectivity index (χ1v) is 10.5. The third-order valence-corrected chi connectivity index (χ3v) is 6.07.